The molecule has 0 aromatic heterocycles. The summed E-state index contributed by atoms with van der Waals surface area (Å²) in [5.74, 6) is -1.34. The largest absolute Gasteiger partial charge is 0.477 e. The van der Waals surface area contributed by atoms with Gasteiger partial charge in [-0.25, -0.2) is 4.79 Å². The number of thioether (sulfide) groups is 1. The molecule has 2 heterocycles. The number of aliphatic carboxylic acids is 1. The van der Waals surface area contributed by atoms with Gasteiger partial charge in [0, 0.05) is 11.6 Å². The van der Waals surface area contributed by atoms with Crippen LogP contribution in [0.25, 0.3) is 0 Å². The van der Waals surface area contributed by atoms with Crippen molar-refractivity contribution in [3.63, 3.8) is 0 Å². The van der Waals surface area contributed by atoms with Gasteiger partial charge < -0.3 is 10.4 Å². The average molecular weight is 367 g/mol. The van der Waals surface area contributed by atoms with Crippen molar-refractivity contribution in [1.29, 1.82) is 0 Å². The summed E-state index contributed by atoms with van der Waals surface area (Å²) in [7, 11) is 0. The van der Waals surface area contributed by atoms with Crippen molar-refractivity contribution in [3.8, 4) is 0 Å². The van der Waals surface area contributed by atoms with Gasteiger partial charge in [-0.3, -0.25) is 14.5 Å². The number of hydrogen-bond acceptors (Lipinski definition) is 4. The molecule has 8 heteroatoms. The predicted molar refractivity (Wildman–Crippen MR) is 90.6 cm³/mol. The van der Waals surface area contributed by atoms with Crippen molar-refractivity contribution < 1.29 is 19.5 Å². The summed E-state index contributed by atoms with van der Waals surface area (Å²) in [5.41, 5.74) is 1.32. The highest BCUT2D eigenvalue weighted by Crippen LogP contribution is 2.40. The molecule has 2 atom stereocenters. The maximum Gasteiger partial charge on any atom is 0.352 e. The average Bonchev–Trinajstić information content (AvgIpc) is 2.58. The van der Waals surface area contributed by atoms with E-state index in [1.165, 1.54) is 16.7 Å². The van der Waals surface area contributed by atoms with Crippen LogP contribution in [0.4, 0.5) is 0 Å². The van der Waals surface area contributed by atoms with Crippen molar-refractivity contribution in [2.75, 3.05) is 11.6 Å². The number of alkyl halides is 1. The van der Waals surface area contributed by atoms with E-state index >= 15 is 0 Å². The minimum absolute atomic E-state index is 0.0488. The molecule has 0 bridgehead atoms. The van der Waals surface area contributed by atoms with E-state index in [-0.39, 0.29) is 23.9 Å². The van der Waals surface area contributed by atoms with E-state index in [0.717, 1.165) is 5.56 Å². The fourth-order valence-electron chi connectivity index (χ4n) is 2.79. The molecule has 0 unspecified atom stereocenters. The van der Waals surface area contributed by atoms with Gasteiger partial charge in [-0.15, -0.1) is 23.4 Å². The van der Waals surface area contributed by atoms with Crippen molar-refractivity contribution in [1.82, 2.24) is 10.2 Å². The number of halogens is 1. The SMILES string of the molecule is O=C(Cc1ccccc1)N[C@@H]1C(=O)N2C(C(=O)O)=C(CCl)CS[C@H]12. The second-order valence-electron chi connectivity index (χ2n) is 5.51. The Bertz CT molecular complexity index is 722. The summed E-state index contributed by atoms with van der Waals surface area (Å²) in [6.45, 7) is 0. The zero-order chi connectivity index (χ0) is 17.3. The van der Waals surface area contributed by atoms with E-state index in [0.29, 0.717) is 11.3 Å². The van der Waals surface area contributed by atoms with Crippen molar-refractivity contribution >= 4 is 41.1 Å². The number of fused-ring (bicyclic) bond motifs is 1. The number of hydrogen-bond donors (Lipinski definition) is 2. The third kappa shape index (κ3) is 3.01. The maximum absolute atomic E-state index is 12.3. The molecule has 1 aromatic carbocycles. The summed E-state index contributed by atoms with van der Waals surface area (Å²) in [5, 5.41) is 11.6. The van der Waals surface area contributed by atoms with E-state index in [9.17, 15) is 19.5 Å². The number of benzene rings is 1. The molecule has 1 saturated heterocycles. The molecule has 24 heavy (non-hydrogen) atoms. The van der Waals surface area contributed by atoms with Crippen LogP contribution in [0.15, 0.2) is 41.6 Å². The first-order valence-electron chi connectivity index (χ1n) is 7.32. The molecular weight excluding hydrogens is 352 g/mol. The van der Waals surface area contributed by atoms with Gasteiger partial charge in [-0.1, -0.05) is 30.3 Å². The van der Waals surface area contributed by atoms with E-state index in [1.807, 2.05) is 30.3 Å². The van der Waals surface area contributed by atoms with Gasteiger partial charge in [0.05, 0.1) is 6.42 Å². The van der Waals surface area contributed by atoms with Gasteiger partial charge in [0.25, 0.3) is 5.91 Å². The zero-order valence-electron chi connectivity index (χ0n) is 12.6. The molecule has 0 spiro atoms. The third-order valence-electron chi connectivity index (χ3n) is 3.94. The molecular formula is C16H15ClN2O4S. The number of carbonyl (C=O) groups excluding carboxylic acids is 2. The van der Waals surface area contributed by atoms with Gasteiger partial charge in [-0.05, 0) is 11.1 Å². The summed E-state index contributed by atoms with van der Waals surface area (Å²) >= 11 is 7.18. The highest BCUT2D eigenvalue weighted by atomic mass is 35.5. The van der Waals surface area contributed by atoms with Gasteiger partial charge in [0.15, 0.2) is 0 Å². The Labute approximate surface area is 147 Å². The van der Waals surface area contributed by atoms with Crippen LogP contribution < -0.4 is 5.32 Å². The fourth-order valence-corrected chi connectivity index (χ4v) is 4.47. The van der Waals surface area contributed by atoms with Crippen LogP contribution >= 0.6 is 23.4 Å². The molecule has 0 radical (unpaired) electrons. The summed E-state index contributed by atoms with van der Waals surface area (Å²) in [6, 6.07) is 8.52. The second kappa shape index (κ2) is 6.86. The number of carbonyl (C=O) groups is 3. The molecule has 2 N–H and O–H groups in total. The Hall–Kier alpha value is -1.99. The highest BCUT2D eigenvalue weighted by Gasteiger charge is 2.53. The standard InChI is InChI=1S/C16H15ClN2O4S/c17-7-10-8-24-15-12(14(21)19(15)13(10)16(22)23)18-11(20)6-9-4-2-1-3-5-9/h1-5,12,15H,6-8H2,(H,18,20)(H,22,23)/t12-,15-/m1/s1. The molecule has 126 valence electrons. The Morgan fingerprint density at radius 2 is 2.04 bits per heavy atom. The van der Waals surface area contributed by atoms with Crippen LogP contribution in [0.1, 0.15) is 5.56 Å². The number of β-lactam (4-membered cyclic amide) rings is 1. The van der Waals surface area contributed by atoms with Crippen LogP contribution in [-0.2, 0) is 20.8 Å². The number of nitrogens with zero attached hydrogens (tertiary/aromatic N) is 1. The fraction of sp³-hybridized carbons (Fsp3) is 0.312. The highest BCUT2D eigenvalue weighted by molar-refractivity contribution is 8.00. The Kier molecular flexibility index (Phi) is 4.82. The Balaban J connectivity index is 1.69. The van der Waals surface area contributed by atoms with Gasteiger partial charge in [-0.2, -0.15) is 0 Å². The molecule has 1 fully saturated rings. The van der Waals surface area contributed by atoms with E-state index < -0.39 is 23.3 Å². The minimum atomic E-state index is -1.17. The molecule has 2 aliphatic rings. The van der Waals surface area contributed by atoms with E-state index in [2.05, 4.69) is 5.32 Å². The summed E-state index contributed by atoms with van der Waals surface area (Å²) in [4.78, 5) is 37.1. The smallest absolute Gasteiger partial charge is 0.352 e. The van der Waals surface area contributed by atoms with Crippen molar-refractivity contribution in [3.05, 3.63) is 47.2 Å². The minimum Gasteiger partial charge on any atom is -0.477 e. The third-order valence-corrected chi connectivity index (χ3v) is 5.60. The molecule has 3 rings (SSSR count). The first-order valence-corrected chi connectivity index (χ1v) is 8.90. The normalized spacial score (nSPS) is 22.7. The van der Waals surface area contributed by atoms with Gasteiger partial charge in [0.1, 0.15) is 17.1 Å². The number of carboxylic acids is 1. The lowest BCUT2D eigenvalue weighted by molar-refractivity contribution is -0.150. The van der Waals surface area contributed by atoms with Gasteiger partial charge in [0.2, 0.25) is 5.91 Å². The predicted octanol–water partition coefficient (Wildman–Crippen LogP) is 1.21. The quantitative estimate of drug-likeness (QED) is 0.604. The van der Waals surface area contributed by atoms with Crippen LogP contribution in [-0.4, -0.2) is 50.8 Å². The number of rotatable bonds is 5. The molecule has 2 aliphatic heterocycles. The van der Waals surface area contributed by atoms with E-state index in [4.69, 9.17) is 11.6 Å². The van der Waals surface area contributed by atoms with Crippen LogP contribution in [0, 0.1) is 0 Å². The van der Waals surface area contributed by atoms with Crippen LogP contribution in [0.3, 0.4) is 0 Å². The lowest BCUT2D eigenvalue weighted by Gasteiger charge is -2.49. The number of amides is 2. The van der Waals surface area contributed by atoms with E-state index in [1.54, 1.807) is 0 Å². The Morgan fingerprint density at radius 1 is 1.33 bits per heavy atom. The van der Waals surface area contributed by atoms with Crippen LogP contribution in [0.2, 0.25) is 0 Å². The molecule has 6 nitrogen and oxygen atoms in total. The number of nitrogens with one attached hydrogen (secondary N) is 1. The lowest BCUT2D eigenvalue weighted by Crippen LogP contribution is -2.70. The molecule has 1 aromatic rings. The van der Waals surface area contributed by atoms with Crippen LogP contribution in [0.5, 0.6) is 0 Å². The van der Waals surface area contributed by atoms with Crippen molar-refractivity contribution in [2.45, 2.75) is 17.8 Å². The molecule has 0 saturated carbocycles. The molecule has 2 amide bonds. The first kappa shape index (κ1) is 16.9. The number of carboxylic acid groups (broad SMARTS) is 1. The zero-order valence-corrected chi connectivity index (χ0v) is 14.1. The summed E-state index contributed by atoms with van der Waals surface area (Å²) < 4.78 is 0. The maximum atomic E-state index is 12.3. The second-order valence-corrected chi connectivity index (χ2v) is 6.88. The monoisotopic (exact) mass is 366 g/mol. The van der Waals surface area contributed by atoms with Gasteiger partial charge >= 0.3 is 5.97 Å². The first-order chi connectivity index (χ1) is 11.5. The topological polar surface area (TPSA) is 86.7 Å². The lowest BCUT2D eigenvalue weighted by atomic mass is 10.0. The summed E-state index contributed by atoms with van der Waals surface area (Å²) in [6.07, 6.45) is 0.177. The Morgan fingerprint density at radius 3 is 2.67 bits per heavy atom. The van der Waals surface area contributed by atoms with Crippen molar-refractivity contribution in [2.24, 2.45) is 0 Å². The molecule has 0 aliphatic carbocycles.